The molecule has 2 amide bonds. The van der Waals surface area contributed by atoms with Crippen LogP contribution in [-0.4, -0.2) is 26.8 Å². The van der Waals surface area contributed by atoms with Gasteiger partial charge in [0.15, 0.2) is 0 Å². The molecule has 0 radical (unpaired) electrons. The maximum absolute atomic E-state index is 13.8. The van der Waals surface area contributed by atoms with E-state index in [1.807, 2.05) is 0 Å². The van der Waals surface area contributed by atoms with Crippen LogP contribution in [0.4, 0.5) is 34.8 Å². The number of alkyl halides is 3. The molecule has 1 aliphatic rings. The van der Waals surface area contributed by atoms with Crippen molar-refractivity contribution >= 4 is 29.0 Å². The number of nitrogens with zero attached hydrogens (tertiary/aromatic N) is 3. The molecule has 0 unspecified atom stereocenters. The first-order valence-electron chi connectivity index (χ1n) is 11.1. The minimum Gasteiger partial charge on any atom is -0.331 e. The number of fused-ring (bicyclic) bond motifs is 1. The van der Waals surface area contributed by atoms with Gasteiger partial charge in [0.1, 0.15) is 17.3 Å². The predicted octanol–water partition coefficient (Wildman–Crippen LogP) is 5.84. The molecular formula is C26H19F4N5O2. The number of nitrogens with one attached hydrogen (secondary N) is 2. The Hall–Kier alpha value is -4.54. The smallest absolute Gasteiger partial charge is 0.331 e. The molecule has 1 aliphatic heterocycles. The van der Waals surface area contributed by atoms with Crippen molar-refractivity contribution in [3.63, 3.8) is 0 Å². The summed E-state index contributed by atoms with van der Waals surface area (Å²) in [6, 6.07) is 11.6. The van der Waals surface area contributed by atoms with Crippen molar-refractivity contribution in [2.45, 2.75) is 25.4 Å². The van der Waals surface area contributed by atoms with Gasteiger partial charge >= 0.3 is 6.18 Å². The Morgan fingerprint density at radius 1 is 1.05 bits per heavy atom. The van der Waals surface area contributed by atoms with Crippen molar-refractivity contribution in [2.75, 3.05) is 10.2 Å². The van der Waals surface area contributed by atoms with Gasteiger partial charge in [-0.25, -0.2) is 14.4 Å². The van der Waals surface area contributed by atoms with Crippen molar-refractivity contribution in [3.05, 3.63) is 89.8 Å². The Kier molecular flexibility index (Phi) is 5.58. The Morgan fingerprint density at radius 2 is 1.78 bits per heavy atom. The number of halogens is 4. The van der Waals surface area contributed by atoms with Crippen molar-refractivity contribution < 1.29 is 27.2 Å². The number of rotatable bonds is 4. The van der Waals surface area contributed by atoms with Crippen LogP contribution >= 0.6 is 0 Å². The van der Waals surface area contributed by atoms with Gasteiger partial charge in [0.05, 0.1) is 34.9 Å². The van der Waals surface area contributed by atoms with Crippen LogP contribution in [0.3, 0.4) is 0 Å². The number of H-pyrrole nitrogens is 1. The van der Waals surface area contributed by atoms with Crippen molar-refractivity contribution in [1.29, 1.82) is 0 Å². The molecule has 7 nitrogen and oxygen atoms in total. The van der Waals surface area contributed by atoms with Crippen LogP contribution < -0.4 is 10.2 Å². The van der Waals surface area contributed by atoms with Crippen molar-refractivity contribution in [1.82, 2.24) is 15.0 Å². The van der Waals surface area contributed by atoms with E-state index >= 15 is 0 Å². The second kappa shape index (κ2) is 8.54. The number of hydrogen-bond acceptors (Lipinski definition) is 4. The zero-order valence-corrected chi connectivity index (χ0v) is 19.5. The third-order valence-electron chi connectivity index (χ3n) is 6.16. The SMILES string of the molecule is CC1(C)C(=O)N(c2cnc[nH]2)c2cccc(-c3ccc(C(F)(F)F)c(C(=O)Nc4ccc(F)cc4)n3)c21. The summed E-state index contributed by atoms with van der Waals surface area (Å²) in [5.41, 5.74) is -1.46. The van der Waals surface area contributed by atoms with E-state index in [9.17, 15) is 27.2 Å². The largest absolute Gasteiger partial charge is 0.418 e. The zero-order valence-electron chi connectivity index (χ0n) is 19.5. The van der Waals surface area contributed by atoms with E-state index in [0.717, 1.165) is 18.2 Å². The van der Waals surface area contributed by atoms with E-state index in [2.05, 4.69) is 20.3 Å². The predicted molar refractivity (Wildman–Crippen MR) is 128 cm³/mol. The number of amides is 2. The molecule has 2 N–H and O–H groups in total. The quantitative estimate of drug-likeness (QED) is 0.338. The van der Waals surface area contributed by atoms with Gasteiger partial charge in [-0.2, -0.15) is 13.2 Å². The van der Waals surface area contributed by atoms with Gasteiger partial charge in [-0.15, -0.1) is 0 Å². The van der Waals surface area contributed by atoms with Gasteiger partial charge in [-0.1, -0.05) is 12.1 Å². The van der Waals surface area contributed by atoms with Crippen molar-refractivity contribution in [2.24, 2.45) is 0 Å². The van der Waals surface area contributed by atoms with Gasteiger partial charge in [0, 0.05) is 16.8 Å². The number of anilines is 3. The Balaban J connectivity index is 1.64. The molecular weight excluding hydrogens is 490 g/mol. The summed E-state index contributed by atoms with van der Waals surface area (Å²) in [7, 11) is 0. The first-order valence-corrected chi connectivity index (χ1v) is 11.1. The lowest BCUT2D eigenvalue weighted by Crippen LogP contribution is -2.33. The minimum absolute atomic E-state index is 0.0847. The van der Waals surface area contributed by atoms with Crippen LogP contribution in [-0.2, 0) is 16.4 Å². The number of aromatic amines is 1. The van der Waals surface area contributed by atoms with E-state index in [-0.39, 0.29) is 17.3 Å². The Bertz CT molecular complexity index is 1510. The van der Waals surface area contributed by atoms with E-state index < -0.39 is 34.6 Å². The molecule has 37 heavy (non-hydrogen) atoms. The fraction of sp³-hybridized carbons (Fsp3) is 0.154. The fourth-order valence-electron chi connectivity index (χ4n) is 4.44. The molecule has 0 saturated carbocycles. The van der Waals surface area contributed by atoms with Gasteiger partial charge in [0.2, 0.25) is 5.91 Å². The molecule has 0 spiro atoms. The number of imidazole rings is 1. The average Bonchev–Trinajstić information content (AvgIpc) is 3.45. The van der Waals surface area contributed by atoms with Gasteiger partial charge in [-0.05, 0) is 56.3 Å². The van der Waals surface area contributed by atoms with Gasteiger partial charge in [0.25, 0.3) is 5.91 Å². The summed E-state index contributed by atoms with van der Waals surface area (Å²) in [6.45, 7) is 3.42. The average molecular weight is 509 g/mol. The maximum atomic E-state index is 13.8. The fourth-order valence-corrected chi connectivity index (χ4v) is 4.44. The molecule has 0 saturated heterocycles. The lowest BCUT2D eigenvalue weighted by atomic mass is 9.82. The zero-order chi connectivity index (χ0) is 26.5. The molecule has 0 atom stereocenters. The number of carbonyl (C=O) groups is 2. The highest BCUT2D eigenvalue weighted by molar-refractivity contribution is 6.13. The van der Waals surface area contributed by atoms with E-state index in [4.69, 9.17) is 0 Å². The summed E-state index contributed by atoms with van der Waals surface area (Å²) in [5, 5.41) is 2.34. The molecule has 0 fully saturated rings. The van der Waals surface area contributed by atoms with Crippen LogP contribution in [0, 0.1) is 5.82 Å². The van der Waals surface area contributed by atoms with Crippen LogP contribution in [0.25, 0.3) is 11.3 Å². The monoisotopic (exact) mass is 509 g/mol. The van der Waals surface area contributed by atoms with Crippen molar-refractivity contribution in [3.8, 4) is 11.3 Å². The normalized spacial score (nSPS) is 14.5. The first-order chi connectivity index (χ1) is 17.5. The highest BCUT2D eigenvalue weighted by Gasteiger charge is 2.47. The second-order valence-corrected chi connectivity index (χ2v) is 8.95. The molecule has 2 aromatic carbocycles. The number of hydrogen-bond donors (Lipinski definition) is 2. The molecule has 4 aromatic rings. The van der Waals surface area contributed by atoms with E-state index in [1.165, 1.54) is 35.6 Å². The standard InChI is InChI=1S/C26H19F4N5O2/c1-25(2)21-16(4-3-5-19(21)35(24(25)37)20-12-31-13-32-20)18-11-10-17(26(28,29)30)22(34-18)23(36)33-15-8-6-14(27)7-9-15/h3-13H,1-2H3,(H,31,32)(H,33,36). The highest BCUT2D eigenvalue weighted by atomic mass is 19.4. The third kappa shape index (κ3) is 4.11. The number of aromatic nitrogens is 3. The molecule has 188 valence electrons. The summed E-state index contributed by atoms with van der Waals surface area (Å²) < 4.78 is 54.6. The molecule has 0 aliphatic carbocycles. The lowest BCUT2D eigenvalue weighted by Gasteiger charge is -2.20. The van der Waals surface area contributed by atoms with Gasteiger partial charge < -0.3 is 10.3 Å². The molecule has 0 bridgehead atoms. The summed E-state index contributed by atoms with van der Waals surface area (Å²) in [6.07, 6.45) is -1.93. The first kappa shape index (κ1) is 24.2. The minimum atomic E-state index is -4.85. The third-order valence-corrected chi connectivity index (χ3v) is 6.16. The Morgan fingerprint density at radius 3 is 2.43 bits per heavy atom. The molecule has 11 heteroatoms. The second-order valence-electron chi connectivity index (χ2n) is 8.95. The maximum Gasteiger partial charge on any atom is 0.418 e. The molecule has 3 heterocycles. The highest BCUT2D eigenvalue weighted by Crippen LogP contribution is 2.49. The summed E-state index contributed by atoms with van der Waals surface area (Å²) >= 11 is 0. The van der Waals surface area contributed by atoms with Gasteiger partial charge in [-0.3, -0.25) is 14.5 Å². The Labute approximate surface area is 208 Å². The van der Waals surface area contributed by atoms with E-state index in [0.29, 0.717) is 22.6 Å². The van der Waals surface area contributed by atoms with E-state index in [1.54, 1.807) is 32.0 Å². The number of pyridine rings is 1. The molecule has 5 rings (SSSR count). The summed E-state index contributed by atoms with van der Waals surface area (Å²) in [5.74, 6) is -1.50. The van der Waals surface area contributed by atoms with Crippen LogP contribution in [0.1, 0.15) is 35.5 Å². The molecule has 2 aromatic heterocycles. The number of benzene rings is 2. The number of carbonyl (C=O) groups excluding carboxylic acids is 2. The van der Waals surface area contributed by atoms with Crippen LogP contribution in [0.15, 0.2) is 67.1 Å². The van der Waals surface area contributed by atoms with Crippen LogP contribution in [0.2, 0.25) is 0 Å². The van der Waals surface area contributed by atoms with Crippen LogP contribution in [0.5, 0.6) is 0 Å². The lowest BCUT2D eigenvalue weighted by molar-refractivity contribution is -0.138. The topological polar surface area (TPSA) is 91.0 Å². The summed E-state index contributed by atoms with van der Waals surface area (Å²) in [4.78, 5) is 38.8.